The van der Waals surface area contributed by atoms with Crippen LogP contribution < -0.4 is 16.4 Å². The molecule has 2 aliphatic carbocycles. The van der Waals surface area contributed by atoms with Gasteiger partial charge in [-0.15, -0.1) is 0 Å². The third-order valence-corrected chi connectivity index (χ3v) is 7.65. The number of carbonyl (C=O) groups is 1. The summed E-state index contributed by atoms with van der Waals surface area (Å²) in [4.78, 5) is 25.4. The minimum absolute atomic E-state index is 0.0124. The molecule has 2 fully saturated rings. The fourth-order valence-corrected chi connectivity index (χ4v) is 5.75. The average molecular weight is 534 g/mol. The van der Waals surface area contributed by atoms with Crippen LogP contribution in [0.4, 0.5) is 26.4 Å². The van der Waals surface area contributed by atoms with Crippen molar-refractivity contribution < 1.29 is 18.7 Å². The molecule has 0 aliphatic heterocycles. The number of halogens is 3. The predicted molar refractivity (Wildman–Crippen MR) is 137 cm³/mol. The van der Waals surface area contributed by atoms with Crippen molar-refractivity contribution in [2.24, 2.45) is 11.7 Å². The summed E-state index contributed by atoms with van der Waals surface area (Å²) in [6, 6.07) is 1.94. The van der Waals surface area contributed by atoms with Crippen molar-refractivity contribution in [1.82, 2.24) is 19.5 Å². The molecule has 1 aromatic carbocycles. The van der Waals surface area contributed by atoms with Crippen molar-refractivity contribution in [1.29, 1.82) is 0 Å². The highest BCUT2D eigenvalue weighted by atomic mass is 35.5. The van der Waals surface area contributed by atoms with Crippen molar-refractivity contribution in [3.05, 3.63) is 35.0 Å². The highest BCUT2D eigenvalue weighted by Gasteiger charge is 2.32. The summed E-state index contributed by atoms with van der Waals surface area (Å²) in [5.74, 6) is -1.63. The number of aromatic nitrogens is 4. The number of carbonyl (C=O) groups excluding carboxylic acids is 1. The van der Waals surface area contributed by atoms with Gasteiger partial charge in [0.1, 0.15) is 11.2 Å². The van der Waals surface area contributed by atoms with E-state index >= 15 is 0 Å². The maximum absolute atomic E-state index is 14.6. The molecule has 3 aromatic rings. The van der Waals surface area contributed by atoms with E-state index in [1.807, 2.05) is 11.5 Å². The molecule has 1 amide bonds. The number of hydrogen-bond acceptors (Lipinski definition) is 7. The van der Waals surface area contributed by atoms with Gasteiger partial charge in [0.15, 0.2) is 17.3 Å². The van der Waals surface area contributed by atoms with Crippen LogP contribution in [0.15, 0.2) is 18.3 Å². The summed E-state index contributed by atoms with van der Waals surface area (Å²) >= 11 is 5.79. The first kappa shape index (κ1) is 25.6. The Hall–Kier alpha value is -3.05. The highest BCUT2D eigenvalue weighted by Crippen LogP contribution is 2.38. The van der Waals surface area contributed by atoms with Gasteiger partial charge in [0.25, 0.3) is 0 Å². The van der Waals surface area contributed by atoms with E-state index in [4.69, 9.17) is 22.3 Å². The van der Waals surface area contributed by atoms with E-state index in [0.717, 1.165) is 31.4 Å². The van der Waals surface area contributed by atoms with E-state index in [-0.39, 0.29) is 40.6 Å². The number of rotatable bonds is 6. The molecule has 2 aliphatic rings. The lowest BCUT2D eigenvalue weighted by Crippen LogP contribution is -2.38. The van der Waals surface area contributed by atoms with E-state index in [1.54, 1.807) is 6.20 Å². The lowest BCUT2D eigenvalue weighted by atomic mass is 9.83. The van der Waals surface area contributed by atoms with Gasteiger partial charge < -0.3 is 21.5 Å². The van der Waals surface area contributed by atoms with Crippen LogP contribution in [0, 0.1) is 17.6 Å². The number of aliphatic hydroxyl groups is 1. The second kappa shape index (κ2) is 10.0. The molecule has 5 N–H and O–H groups in total. The zero-order valence-electron chi connectivity index (χ0n) is 20.5. The van der Waals surface area contributed by atoms with Gasteiger partial charge in [-0.1, -0.05) is 11.6 Å². The summed E-state index contributed by atoms with van der Waals surface area (Å²) in [5, 5.41) is 16.5. The molecule has 0 unspecified atom stereocenters. The molecule has 2 atom stereocenters. The van der Waals surface area contributed by atoms with Crippen molar-refractivity contribution in [3.63, 3.8) is 0 Å². The van der Waals surface area contributed by atoms with Crippen molar-refractivity contribution in [3.8, 4) is 0 Å². The Morgan fingerprint density at radius 1 is 1.19 bits per heavy atom. The number of amides is 1. The molecule has 2 heterocycles. The predicted octanol–water partition coefficient (Wildman–Crippen LogP) is 4.82. The van der Waals surface area contributed by atoms with E-state index in [9.17, 15) is 18.7 Å². The van der Waals surface area contributed by atoms with Gasteiger partial charge in [-0.05, 0) is 70.4 Å². The third kappa shape index (κ3) is 5.47. The number of hydrogen-bond donors (Lipinski definition) is 4. The fourth-order valence-electron chi connectivity index (χ4n) is 5.56. The molecule has 12 heteroatoms. The average Bonchev–Trinajstić information content (AvgIpc) is 3.18. The smallest absolute Gasteiger partial charge is 0.224 e. The third-order valence-electron chi connectivity index (χ3n) is 7.43. The van der Waals surface area contributed by atoms with Crippen molar-refractivity contribution >= 4 is 46.3 Å². The van der Waals surface area contributed by atoms with Gasteiger partial charge in [0, 0.05) is 23.0 Å². The Morgan fingerprint density at radius 3 is 2.54 bits per heavy atom. The molecule has 198 valence electrons. The Labute approximate surface area is 217 Å². The van der Waals surface area contributed by atoms with Crippen LogP contribution in [0.2, 0.25) is 5.02 Å². The quantitative estimate of drug-likeness (QED) is 0.357. The molecule has 0 bridgehead atoms. The standard InChI is InChI=1S/C25H30ClF2N7O2/c1-25(37)8-2-3-15(11-25)31-23-30-12-19-22(34-23)35(16-6-4-13(5-7-16)21(29)36)24(32-19)33-20-17(27)9-14(26)10-18(20)28/h9-10,12-13,15-16,37H,2-8,11H2,1H3,(H2,29,36)(H,32,33)(H,30,31,34)/t13-,15-,16-,25+/m1/s1. The number of fused-ring (bicyclic) bond motifs is 1. The van der Waals surface area contributed by atoms with Gasteiger partial charge >= 0.3 is 0 Å². The lowest BCUT2D eigenvalue weighted by Gasteiger charge is -2.34. The molecule has 9 nitrogen and oxygen atoms in total. The maximum Gasteiger partial charge on any atom is 0.224 e. The fraction of sp³-hybridized carbons (Fsp3) is 0.520. The van der Waals surface area contributed by atoms with Gasteiger partial charge in [0.2, 0.25) is 17.8 Å². The number of nitrogens with one attached hydrogen (secondary N) is 2. The summed E-state index contributed by atoms with van der Waals surface area (Å²) in [6.45, 7) is 1.83. The van der Waals surface area contributed by atoms with Gasteiger partial charge in [-0.2, -0.15) is 4.98 Å². The number of imidazole rings is 1. The molecular weight excluding hydrogens is 504 g/mol. The first-order chi connectivity index (χ1) is 17.6. The first-order valence-corrected chi connectivity index (χ1v) is 12.9. The summed E-state index contributed by atoms with van der Waals surface area (Å²) in [6.07, 6.45) is 7.10. The second-order valence-corrected chi connectivity index (χ2v) is 10.9. The van der Waals surface area contributed by atoms with Gasteiger partial charge in [0.05, 0.1) is 11.8 Å². The van der Waals surface area contributed by atoms with Crippen molar-refractivity contribution in [2.75, 3.05) is 10.6 Å². The van der Waals surface area contributed by atoms with E-state index in [0.29, 0.717) is 49.2 Å². The molecule has 2 saturated carbocycles. The zero-order chi connectivity index (χ0) is 26.3. The Morgan fingerprint density at radius 2 is 1.89 bits per heavy atom. The van der Waals surface area contributed by atoms with Crippen LogP contribution >= 0.6 is 11.6 Å². The normalized spacial score (nSPS) is 26.2. The number of primary amides is 1. The lowest BCUT2D eigenvalue weighted by molar-refractivity contribution is -0.122. The van der Waals surface area contributed by atoms with Gasteiger partial charge in [-0.3, -0.25) is 9.36 Å². The van der Waals surface area contributed by atoms with Crippen LogP contribution in [0.1, 0.15) is 64.3 Å². The molecule has 2 aromatic heterocycles. The first-order valence-electron chi connectivity index (χ1n) is 12.5. The van der Waals surface area contributed by atoms with Crippen LogP contribution in [-0.4, -0.2) is 42.2 Å². The zero-order valence-corrected chi connectivity index (χ0v) is 21.2. The highest BCUT2D eigenvalue weighted by molar-refractivity contribution is 6.30. The van der Waals surface area contributed by atoms with Crippen molar-refractivity contribution in [2.45, 2.75) is 76.0 Å². The summed E-state index contributed by atoms with van der Waals surface area (Å²) in [7, 11) is 0. The molecule has 0 saturated heterocycles. The van der Waals surface area contributed by atoms with E-state index in [2.05, 4.69) is 20.6 Å². The van der Waals surface area contributed by atoms with Crippen LogP contribution in [-0.2, 0) is 4.79 Å². The molecule has 0 radical (unpaired) electrons. The van der Waals surface area contributed by atoms with Gasteiger partial charge in [-0.25, -0.2) is 18.7 Å². The summed E-state index contributed by atoms with van der Waals surface area (Å²) in [5.41, 5.74) is 5.35. The number of benzene rings is 1. The van der Waals surface area contributed by atoms with Crippen LogP contribution in [0.3, 0.4) is 0 Å². The molecule has 37 heavy (non-hydrogen) atoms. The maximum atomic E-state index is 14.6. The minimum atomic E-state index is -0.848. The number of nitrogens with zero attached hydrogens (tertiary/aromatic N) is 4. The van der Waals surface area contributed by atoms with Crippen LogP contribution in [0.25, 0.3) is 11.2 Å². The monoisotopic (exact) mass is 533 g/mol. The largest absolute Gasteiger partial charge is 0.390 e. The summed E-state index contributed by atoms with van der Waals surface area (Å²) < 4.78 is 31.1. The number of nitrogens with two attached hydrogens (primary N) is 1. The van der Waals surface area contributed by atoms with E-state index in [1.165, 1.54) is 0 Å². The molecular formula is C25H30ClF2N7O2. The Bertz CT molecular complexity index is 1300. The SMILES string of the molecule is C[C@]1(O)CCC[C@@H](Nc2ncc3nc(Nc4c(F)cc(Cl)cc4F)n([C@H]4CC[C@H](C(N)=O)CC4)c3n2)C1. The topological polar surface area (TPSA) is 131 Å². The second-order valence-electron chi connectivity index (χ2n) is 10.4. The number of anilines is 3. The minimum Gasteiger partial charge on any atom is -0.390 e. The van der Waals surface area contributed by atoms with E-state index < -0.39 is 17.2 Å². The Kier molecular flexibility index (Phi) is 6.93. The molecule has 5 rings (SSSR count). The molecule has 0 spiro atoms. The Balaban J connectivity index is 1.51. The van der Waals surface area contributed by atoms with Crippen LogP contribution in [0.5, 0.6) is 0 Å².